The van der Waals surface area contributed by atoms with Crippen LogP contribution >= 0.6 is 12.3 Å². The number of carbonyl (C=O) groups is 7. The Bertz CT molecular complexity index is 3400. The van der Waals surface area contributed by atoms with Crippen LogP contribution in [0.1, 0.15) is 56.5 Å². The molecule has 0 saturated carbocycles. The van der Waals surface area contributed by atoms with E-state index < -0.39 is 165 Å². The first-order valence-corrected chi connectivity index (χ1v) is 31.9. The fourth-order valence-electron chi connectivity index (χ4n) is 12.7. The van der Waals surface area contributed by atoms with Gasteiger partial charge in [0, 0.05) is 107 Å². The van der Waals surface area contributed by atoms with Gasteiger partial charge in [-0.15, -0.1) is 4.33 Å². The Kier molecular flexibility index (Phi) is 26.1. The van der Waals surface area contributed by atoms with Crippen LogP contribution in [0.5, 0.6) is 11.5 Å². The van der Waals surface area contributed by atoms with Crippen LogP contribution in [0.4, 0.5) is 17.1 Å². The molecule has 0 aliphatic carbocycles. The number of amides is 7. The molecule has 30 nitrogen and oxygen atoms in total. The number of β-amino-alcohol motifs (C(OH)–C–C–N with tert-alkyl or cyclic N) is 1. The van der Waals surface area contributed by atoms with E-state index in [9.17, 15) is 74.6 Å². The number of hydrogen-bond donors (Lipinski definition) is 12. The fourth-order valence-corrected chi connectivity index (χ4v) is 13.0. The van der Waals surface area contributed by atoms with Crippen molar-refractivity contribution >= 4 is 70.7 Å². The van der Waals surface area contributed by atoms with E-state index in [2.05, 4.69) is 93.6 Å². The van der Waals surface area contributed by atoms with Gasteiger partial charge in [-0.3, -0.25) is 38.6 Å². The molecule has 0 bridgehead atoms. The van der Waals surface area contributed by atoms with Crippen molar-refractivity contribution in [2.24, 2.45) is 5.92 Å². The number of piperazine rings is 1. The number of morpholine rings is 1. The molecule has 0 spiro atoms. The number of benzene rings is 4. The Balaban J connectivity index is 0.0000118. The molecule has 4 aromatic rings. The van der Waals surface area contributed by atoms with Gasteiger partial charge in [-0.05, 0) is 98.1 Å². The summed E-state index contributed by atoms with van der Waals surface area (Å²) in [5, 5.41) is 104. The number of hydrogen-bond acceptors (Lipinski definition) is 23. The molecule has 5 heterocycles. The van der Waals surface area contributed by atoms with E-state index in [0.717, 1.165) is 90.6 Å². The number of rotatable bonds is 16. The number of phenolic OH excluding ortho intramolecular Hbond substituents is 1. The number of fused-ring (bicyclic) bond motifs is 2. The molecule has 4 aromatic carbocycles. The number of aliphatic hydroxyl groups excluding tert-OH is 6. The maximum absolute atomic E-state index is 14.7. The number of anilines is 3. The van der Waals surface area contributed by atoms with Gasteiger partial charge in [-0.2, -0.15) is 0 Å². The van der Waals surface area contributed by atoms with Gasteiger partial charge in [0.25, 0.3) is 18.2 Å². The summed E-state index contributed by atoms with van der Waals surface area (Å²) in [5.74, 6) is -9.60. The second-order valence-electron chi connectivity index (χ2n) is 24.7. The second-order valence-corrected chi connectivity index (χ2v) is 25.1. The Morgan fingerprint density at radius 2 is 1.26 bits per heavy atom. The molecule has 5 saturated heterocycles. The summed E-state index contributed by atoms with van der Waals surface area (Å²) in [4.78, 5) is 113. The number of phenols is 1. The summed E-state index contributed by atoms with van der Waals surface area (Å²) in [6, 6.07) is 15.3. The molecule has 5 aliphatic rings. The van der Waals surface area contributed by atoms with Crippen molar-refractivity contribution in [2.75, 3.05) is 80.1 Å². The van der Waals surface area contributed by atoms with E-state index in [1.807, 2.05) is 24.3 Å². The minimum atomic E-state index is -2.15. The fraction of sp³-hybridized carbons (Fsp3) is 0.500. The minimum absolute atomic E-state index is 0. The molecular formula is C64H80N11NaO19S. The molecule has 12 N–H and O–H groups in total. The number of ether oxygens (including phenoxy) is 1. The molecule has 9 rings (SSSR count). The molecule has 32 heteroatoms. The van der Waals surface area contributed by atoms with Crippen LogP contribution in [0.25, 0.3) is 16.0 Å². The maximum atomic E-state index is 14.7. The zero-order chi connectivity index (χ0) is 68.4. The predicted octanol–water partition coefficient (Wildman–Crippen LogP) is -4.96. The topological polar surface area (TPSA) is 402 Å². The molecule has 0 radical (unpaired) electrons. The number of nitrogens with zero attached hydrogens (tertiary/aromatic N) is 6. The zero-order valence-corrected chi connectivity index (χ0v) is 56.5. The Morgan fingerprint density at radius 3 is 1.85 bits per heavy atom. The van der Waals surface area contributed by atoms with Crippen molar-refractivity contribution in [3.8, 4) is 22.6 Å². The van der Waals surface area contributed by atoms with Crippen molar-refractivity contribution < 1.29 is 122 Å². The number of aromatic hydroxyl groups is 1. The van der Waals surface area contributed by atoms with E-state index in [1.54, 1.807) is 12.1 Å². The van der Waals surface area contributed by atoms with E-state index in [1.165, 1.54) is 30.8 Å². The Morgan fingerprint density at radius 1 is 0.698 bits per heavy atom. The molecule has 0 aromatic heterocycles. The standard InChI is InChI=1S/C64H81N11O19S.Na/c1-34-30-75-56(57(34)82)62(87)66-28-45(77)26-47(67-58(83)41-9-7-39(8-10-41)40-11-13-42(14-12-40)71-20-22-72(23-21-71)43-15-17-44(18-16-43)73-31-35(2)91-36(3)32-73)59(84)68-53(37(4)76)63(88)74-33-46(78)27-48(74)60(85)69-54(61(86)70-55(64(75)89)51(81)29-65-5)50(80)24-38-6-19-49(79)52(25-38)92-95-94-93-90;/h6-19,25,34-37,45-48,50-51,53-57,76-82,90H,20-24,26-33H2,1-4H3,(H,66,87)(H,67,83)(H,68,84)(H,69,85)(H,70,86);/q;+1/p-1/t34-,35-,36+,37+,45+,46+,47+,48+,50-,51-,53+,54+,55+,56+,57+;/m1./s1. The SMILES string of the molecule is [C-]#[N+]C[C@@H](O)[C@@H]1NC(=O)[C@H]([C@H](O)Cc2ccc(O)c(OSOO[O-])c2)NC(=O)[C@@H]2C[C@H](O)CN2C(=O)[C@H]([C@H](C)O)NC(=O)[C@@H](NC(=O)c2ccc(-c3ccc(N4CCN(c5ccc(N6C[C@@H](C)O[C@@H](C)C6)cc5)CC4)cc3)cc2)C[C@H](O)CNC(=O)[C@@H]2[C@@H](O)[C@H](C)CN2C1=O.[Na+]. The third kappa shape index (κ3) is 18.2. The van der Waals surface area contributed by atoms with Crippen molar-refractivity contribution in [3.05, 3.63) is 114 Å². The largest absolute Gasteiger partial charge is 1.00 e. The quantitative estimate of drug-likeness (QED) is 0.0125. The monoisotopic (exact) mass is 1360 g/mol. The van der Waals surface area contributed by atoms with Gasteiger partial charge in [0.1, 0.15) is 36.3 Å². The summed E-state index contributed by atoms with van der Waals surface area (Å²) in [7, 11) is 0. The van der Waals surface area contributed by atoms with Gasteiger partial charge in [-0.1, -0.05) is 37.3 Å². The average molecular weight is 1360 g/mol. The Labute approximate surface area is 580 Å². The van der Waals surface area contributed by atoms with Gasteiger partial charge < -0.3 is 106 Å². The van der Waals surface area contributed by atoms with Crippen LogP contribution in [0.15, 0.2) is 91.0 Å². The van der Waals surface area contributed by atoms with Gasteiger partial charge in [-0.25, -0.2) is 6.57 Å². The normalized spacial score (nSPS) is 27.5. The first-order chi connectivity index (χ1) is 45.4. The van der Waals surface area contributed by atoms with Crippen molar-refractivity contribution in [3.63, 3.8) is 0 Å². The third-order valence-corrected chi connectivity index (χ3v) is 18.0. The summed E-state index contributed by atoms with van der Waals surface area (Å²) in [6.07, 6.45) is -11.9. The molecule has 5 aliphatic heterocycles. The second kappa shape index (κ2) is 33.7. The van der Waals surface area contributed by atoms with Crippen molar-refractivity contribution in [2.45, 2.75) is 132 Å². The molecular weight excluding hydrogens is 1280 g/mol. The average Bonchev–Trinajstić information content (AvgIpc) is 1.59. The summed E-state index contributed by atoms with van der Waals surface area (Å²) >= 11 is 0.00998. The maximum Gasteiger partial charge on any atom is 1.00 e. The summed E-state index contributed by atoms with van der Waals surface area (Å²) < 4.78 is 15.1. The van der Waals surface area contributed by atoms with Crippen LogP contribution < -0.4 is 80.3 Å². The molecule has 5 fully saturated rings. The van der Waals surface area contributed by atoms with Crippen LogP contribution in [0, 0.1) is 12.5 Å². The Hall–Kier alpha value is -7.39. The van der Waals surface area contributed by atoms with Gasteiger partial charge in [0.15, 0.2) is 17.6 Å². The number of carbonyl (C=O) groups excluding carboxylic acids is 7. The van der Waals surface area contributed by atoms with Crippen molar-refractivity contribution in [1.29, 1.82) is 0 Å². The van der Waals surface area contributed by atoms with E-state index in [4.69, 9.17) is 15.5 Å². The van der Waals surface area contributed by atoms with Crippen LogP contribution in [-0.2, 0) is 49.3 Å². The summed E-state index contributed by atoms with van der Waals surface area (Å²) in [5.41, 5.74) is 5.14. The van der Waals surface area contributed by atoms with E-state index >= 15 is 0 Å². The van der Waals surface area contributed by atoms with Gasteiger partial charge >= 0.3 is 29.6 Å². The molecule has 512 valence electrons. The summed E-state index contributed by atoms with van der Waals surface area (Å²) in [6.45, 7) is 16.8. The van der Waals surface area contributed by atoms with Crippen LogP contribution in [0.2, 0.25) is 0 Å². The minimum Gasteiger partial charge on any atom is -0.691 e. The zero-order valence-electron chi connectivity index (χ0n) is 53.6. The molecule has 0 unspecified atom stereocenters. The number of nitrogens with one attached hydrogen (secondary N) is 5. The predicted molar refractivity (Wildman–Crippen MR) is 340 cm³/mol. The van der Waals surface area contributed by atoms with Crippen molar-refractivity contribution in [1.82, 2.24) is 36.4 Å². The number of aliphatic hydroxyl groups is 6. The smallest absolute Gasteiger partial charge is 0.691 e. The molecule has 7 amide bonds. The van der Waals surface area contributed by atoms with E-state index in [0.29, 0.717) is 0 Å². The van der Waals surface area contributed by atoms with Gasteiger partial charge in [0.05, 0.1) is 42.7 Å². The van der Waals surface area contributed by atoms with Crippen LogP contribution in [0.3, 0.4) is 0 Å². The first kappa shape index (κ1) is 74.4. The van der Waals surface area contributed by atoms with Crippen LogP contribution in [-0.4, -0.2) is 237 Å². The van der Waals surface area contributed by atoms with Gasteiger partial charge in [0.2, 0.25) is 42.0 Å². The van der Waals surface area contributed by atoms with E-state index in [-0.39, 0.29) is 77.5 Å². The first-order valence-electron chi connectivity index (χ1n) is 31.3. The molecule has 96 heavy (non-hydrogen) atoms. The third-order valence-electron chi connectivity index (χ3n) is 17.7. The molecule has 15 atom stereocenters.